The molecule has 0 unspecified atom stereocenters. The SMILES string of the molecule is CC(=O)c1ccccc1OCCSc1nnc(-c2ccco2)n1Cc1ccccc1. The van der Waals surface area contributed by atoms with Crippen LogP contribution in [0.2, 0.25) is 0 Å². The average molecular weight is 420 g/mol. The number of benzene rings is 2. The summed E-state index contributed by atoms with van der Waals surface area (Å²) in [4.78, 5) is 11.7. The molecule has 0 fully saturated rings. The minimum Gasteiger partial charge on any atom is -0.492 e. The van der Waals surface area contributed by atoms with E-state index in [0.29, 0.717) is 41.8 Å². The Hall–Kier alpha value is -3.32. The summed E-state index contributed by atoms with van der Waals surface area (Å²) in [5.74, 6) is 2.62. The first-order chi connectivity index (χ1) is 14.7. The van der Waals surface area contributed by atoms with E-state index < -0.39 is 0 Å². The highest BCUT2D eigenvalue weighted by Gasteiger charge is 2.17. The van der Waals surface area contributed by atoms with Gasteiger partial charge in [0.1, 0.15) is 5.75 Å². The van der Waals surface area contributed by atoms with E-state index >= 15 is 0 Å². The molecule has 0 aliphatic rings. The molecule has 2 aromatic carbocycles. The Morgan fingerprint density at radius 3 is 2.60 bits per heavy atom. The van der Waals surface area contributed by atoms with Crippen molar-refractivity contribution in [2.45, 2.75) is 18.6 Å². The molecule has 0 aliphatic carbocycles. The maximum atomic E-state index is 11.7. The summed E-state index contributed by atoms with van der Waals surface area (Å²) >= 11 is 1.56. The van der Waals surface area contributed by atoms with Crippen LogP contribution in [0.4, 0.5) is 0 Å². The fourth-order valence-corrected chi connectivity index (χ4v) is 3.81. The molecule has 6 nitrogen and oxygen atoms in total. The monoisotopic (exact) mass is 419 g/mol. The number of hydrogen-bond acceptors (Lipinski definition) is 6. The van der Waals surface area contributed by atoms with Gasteiger partial charge in [-0.3, -0.25) is 9.36 Å². The molecule has 2 heterocycles. The van der Waals surface area contributed by atoms with Gasteiger partial charge in [-0.25, -0.2) is 0 Å². The number of para-hydroxylation sites is 1. The number of carbonyl (C=O) groups is 1. The molecule has 30 heavy (non-hydrogen) atoms. The smallest absolute Gasteiger partial charge is 0.200 e. The van der Waals surface area contributed by atoms with E-state index in [1.54, 1.807) is 31.0 Å². The lowest BCUT2D eigenvalue weighted by Crippen LogP contribution is -2.07. The lowest BCUT2D eigenvalue weighted by atomic mass is 10.1. The summed E-state index contributed by atoms with van der Waals surface area (Å²) < 4.78 is 13.4. The van der Waals surface area contributed by atoms with Crippen molar-refractivity contribution in [3.05, 3.63) is 84.1 Å². The molecule has 7 heteroatoms. The lowest BCUT2D eigenvalue weighted by Gasteiger charge is -2.11. The van der Waals surface area contributed by atoms with Crippen molar-refractivity contribution in [1.29, 1.82) is 0 Å². The number of carbonyl (C=O) groups excluding carboxylic acids is 1. The molecule has 152 valence electrons. The fraction of sp³-hybridized carbons (Fsp3) is 0.174. The molecule has 4 aromatic rings. The minimum absolute atomic E-state index is 0.0102. The Morgan fingerprint density at radius 2 is 1.83 bits per heavy atom. The second kappa shape index (κ2) is 9.45. The van der Waals surface area contributed by atoms with Crippen molar-refractivity contribution in [2.24, 2.45) is 0 Å². The quantitative estimate of drug-likeness (QED) is 0.217. The summed E-state index contributed by atoms with van der Waals surface area (Å²) in [7, 11) is 0. The summed E-state index contributed by atoms with van der Waals surface area (Å²) in [6.45, 7) is 2.63. The van der Waals surface area contributed by atoms with Crippen molar-refractivity contribution >= 4 is 17.5 Å². The highest BCUT2D eigenvalue weighted by Crippen LogP contribution is 2.26. The van der Waals surface area contributed by atoms with Crippen LogP contribution >= 0.6 is 11.8 Å². The Labute approximate surface area is 178 Å². The normalized spacial score (nSPS) is 10.8. The molecular weight excluding hydrogens is 398 g/mol. The Kier molecular flexibility index (Phi) is 6.29. The van der Waals surface area contributed by atoms with E-state index in [1.165, 1.54) is 0 Å². The highest BCUT2D eigenvalue weighted by molar-refractivity contribution is 7.99. The van der Waals surface area contributed by atoms with E-state index in [4.69, 9.17) is 9.15 Å². The van der Waals surface area contributed by atoms with Crippen LogP contribution in [0.5, 0.6) is 5.75 Å². The predicted molar refractivity (Wildman–Crippen MR) is 116 cm³/mol. The maximum Gasteiger partial charge on any atom is 0.200 e. The van der Waals surface area contributed by atoms with Gasteiger partial charge in [-0.15, -0.1) is 10.2 Å². The zero-order chi connectivity index (χ0) is 20.8. The third kappa shape index (κ3) is 4.63. The first-order valence-electron chi connectivity index (χ1n) is 9.59. The summed E-state index contributed by atoms with van der Waals surface area (Å²) in [5.41, 5.74) is 1.74. The number of aromatic nitrogens is 3. The molecule has 0 radical (unpaired) electrons. The van der Waals surface area contributed by atoms with Gasteiger partial charge in [0, 0.05) is 5.75 Å². The van der Waals surface area contributed by atoms with Crippen LogP contribution in [0.25, 0.3) is 11.6 Å². The predicted octanol–water partition coefficient (Wildman–Crippen LogP) is 4.96. The van der Waals surface area contributed by atoms with Crippen molar-refractivity contribution in [3.8, 4) is 17.3 Å². The van der Waals surface area contributed by atoms with Crippen molar-refractivity contribution in [2.75, 3.05) is 12.4 Å². The number of nitrogens with zero attached hydrogens (tertiary/aromatic N) is 3. The average Bonchev–Trinajstić information content (AvgIpc) is 3.42. The van der Waals surface area contributed by atoms with E-state index in [9.17, 15) is 4.79 Å². The van der Waals surface area contributed by atoms with E-state index in [2.05, 4.69) is 22.3 Å². The molecule has 0 spiro atoms. The van der Waals surface area contributed by atoms with Crippen molar-refractivity contribution in [3.63, 3.8) is 0 Å². The van der Waals surface area contributed by atoms with Crippen LogP contribution in [-0.2, 0) is 6.54 Å². The van der Waals surface area contributed by atoms with Crippen molar-refractivity contribution in [1.82, 2.24) is 14.8 Å². The van der Waals surface area contributed by atoms with Crippen LogP contribution in [0.1, 0.15) is 22.8 Å². The number of Topliss-reactive ketones (excluding diaryl/α,β-unsaturated/α-hetero) is 1. The summed E-state index contributed by atoms with van der Waals surface area (Å²) in [6.07, 6.45) is 1.63. The Morgan fingerprint density at radius 1 is 1.03 bits per heavy atom. The largest absolute Gasteiger partial charge is 0.492 e. The second-order valence-corrected chi connectivity index (χ2v) is 7.67. The first-order valence-corrected chi connectivity index (χ1v) is 10.6. The molecule has 0 aliphatic heterocycles. The van der Waals surface area contributed by atoms with Gasteiger partial charge in [0.2, 0.25) is 5.82 Å². The van der Waals surface area contributed by atoms with Crippen LogP contribution in [0, 0.1) is 0 Å². The van der Waals surface area contributed by atoms with Gasteiger partial charge in [-0.05, 0) is 36.8 Å². The number of ether oxygens (including phenoxy) is 1. The van der Waals surface area contributed by atoms with E-state index in [-0.39, 0.29) is 5.78 Å². The molecular formula is C23H21N3O3S. The van der Waals surface area contributed by atoms with Crippen LogP contribution in [0.15, 0.2) is 82.6 Å². The van der Waals surface area contributed by atoms with Gasteiger partial charge in [-0.1, -0.05) is 54.2 Å². The van der Waals surface area contributed by atoms with Crippen LogP contribution in [0.3, 0.4) is 0 Å². The van der Waals surface area contributed by atoms with Gasteiger partial charge < -0.3 is 9.15 Å². The molecule has 0 atom stereocenters. The Balaban J connectivity index is 1.47. The number of hydrogen-bond donors (Lipinski definition) is 0. The van der Waals surface area contributed by atoms with Crippen LogP contribution < -0.4 is 4.74 Å². The molecule has 0 amide bonds. The second-order valence-electron chi connectivity index (χ2n) is 6.60. The number of rotatable bonds is 9. The fourth-order valence-electron chi connectivity index (χ4n) is 3.06. The first kappa shape index (κ1) is 20.0. The van der Waals surface area contributed by atoms with Gasteiger partial charge >= 0.3 is 0 Å². The third-order valence-corrected chi connectivity index (χ3v) is 5.41. The lowest BCUT2D eigenvalue weighted by molar-refractivity contribution is 0.101. The minimum atomic E-state index is -0.0102. The van der Waals surface area contributed by atoms with E-state index in [0.717, 1.165) is 10.7 Å². The zero-order valence-corrected chi connectivity index (χ0v) is 17.3. The molecule has 0 bridgehead atoms. The zero-order valence-electron chi connectivity index (χ0n) is 16.5. The highest BCUT2D eigenvalue weighted by atomic mass is 32.2. The molecule has 2 aromatic heterocycles. The van der Waals surface area contributed by atoms with Gasteiger partial charge in [0.25, 0.3) is 0 Å². The number of furan rings is 1. The van der Waals surface area contributed by atoms with Gasteiger partial charge in [0.05, 0.1) is 25.0 Å². The van der Waals surface area contributed by atoms with Gasteiger partial charge in [-0.2, -0.15) is 0 Å². The molecule has 0 N–H and O–H groups in total. The number of thioether (sulfide) groups is 1. The topological polar surface area (TPSA) is 70.2 Å². The summed E-state index contributed by atoms with van der Waals surface area (Å²) in [6, 6.07) is 21.2. The Bertz CT molecular complexity index is 1110. The standard InChI is InChI=1S/C23H21N3O3S/c1-17(27)19-10-5-6-11-20(19)29-14-15-30-23-25-24-22(21-12-7-13-28-21)26(23)16-18-8-3-2-4-9-18/h2-13H,14-16H2,1H3. The molecule has 0 saturated carbocycles. The molecule has 0 saturated heterocycles. The maximum absolute atomic E-state index is 11.7. The van der Waals surface area contributed by atoms with Gasteiger partial charge in [0.15, 0.2) is 16.7 Å². The van der Waals surface area contributed by atoms with Crippen LogP contribution in [-0.4, -0.2) is 32.9 Å². The molecule has 4 rings (SSSR count). The van der Waals surface area contributed by atoms with E-state index in [1.807, 2.05) is 53.1 Å². The summed E-state index contributed by atoms with van der Waals surface area (Å²) in [5, 5.41) is 9.49. The number of ketones is 1. The third-order valence-electron chi connectivity index (χ3n) is 4.48. The van der Waals surface area contributed by atoms with Crippen molar-refractivity contribution < 1.29 is 13.9 Å².